The van der Waals surface area contributed by atoms with Crippen LogP contribution < -0.4 is 4.72 Å². The average molecular weight is 386 g/mol. The molecule has 0 aliphatic heterocycles. The van der Waals surface area contributed by atoms with E-state index in [2.05, 4.69) is 9.71 Å². The number of pyridine rings is 1. The maximum atomic E-state index is 14.4. The number of halogens is 3. The van der Waals surface area contributed by atoms with Crippen LogP contribution in [0.4, 0.5) is 13.2 Å². The van der Waals surface area contributed by atoms with E-state index in [1.54, 1.807) is 0 Å². The van der Waals surface area contributed by atoms with Crippen LogP contribution in [0.5, 0.6) is 0 Å². The van der Waals surface area contributed by atoms with E-state index in [4.69, 9.17) is 0 Å². The van der Waals surface area contributed by atoms with Crippen LogP contribution in [0.25, 0.3) is 11.3 Å². The van der Waals surface area contributed by atoms with Gasteiger partial charge in [-0.15, -0.1) is 0 Å². The highest BCUT2D eigenvalue weighted by Gasteiger charge is 2.22. The summed E-state index contributed by atoms with van der Waals surface area (Å²) in [6, 6.07) is 3.49. The summed E-state index contributed by atoms with van der Waals surface area (Å²) in [6.07, 6.45) is 3.76. The molecule has 2 rings (SSSR count). The predicted octanol–water partition coefficient (Wildman–Crippen LogP) is 4.41. The molecule has 0 unspecified atom stereocenters. The molecular formula is C18H21F3N2O2S. The number of sulfonamides is 1. The second-order valence-electron chi connectivity index (χ2n) is 6.02. The van der Waals surface area contributed by atoms with Crippen LogP contribution in [0.2, 0.25) is 0 Å². The van der Waals surface area contributed by atoms with Crippen molar-refractivity contribution in [2.24, 2.45) is 0 Å². The summed E-state index contributed by atoms with van der Waals surface area (Å²) in [4.78, 5) is 3.29. The molecule has 0 aliphatic rings. The van der Waals surface area contributed by atoms with Gasteiger partial charge in [-0.3, -0.25) is 4.98 Å². The third kappa shape index (κ3) is 4.82. The fraction of sp³-hybridized carbons (Fsp3) is 0.389. The van der Waals surface area contributed by atoms with E-state index in [0.29, 0.717) is 18.9 Å². The maximum Gasteiger partial charge on any atom is 0.240 e. The standard InChI is InChI=1S/C18H21F3N2O2S/c1-3-5-13(6-4-2)23-26(24,25)14-7-8-15(16(20)10-14)18-17(21)9-12(19)11-22-18/h7-11,13,23H,3-6H2,1-2H3. The fourth-order valence-corrected chi connectivity index (χ4v) is 4.03. The predicted molar refractivity (Wildman–Crippen MR) is 93.5 cm³/mol. The first-order valence-electron chi connectivity index (χ1n) is 8.41. The van der Waals surface area contributed by atoms with E-state index < -0.39 is 27.5 Å². The molecule has 2 aromatic rings. The summed E-state index contributed by atoms with van der Waals surface area (Å²) < 4.78 is 68.7. The molecule has 1 N–H and O–H groups in total. The lowest BCUT2D eigenvalue weighted by Gasteiger charge is -2.17. The molecule has 0 atom stereocenters. The third-order valence-corrected chi connectivity index (χ3v) is 5.43. The van der Waals surface area contributed by atoms with Crippen molar-refractivity contribution in [3.8, 4) is 11.3 Å². The first-order chi connectivity index (χ1) is 12.3. The van der Waals surface area contributed by atoms with Crippen LogP contribution in [0.3, 0.4) is 0 Å². The van der Waals surface area contributed by atoms with Crippen molar-refractivity contribution in [1.29, 1.82) is 0 Å². The van der Waals surface area contributed by atoms with Gasteiger partial charge in [-0.25, -0.2) is 26.3 Å². The minimum atomic E-state index is -3.91. The molecule has 26 heavy (non-hydrogen) atoms. The Morgan fingerprint density at radius 3 is 2.23 bits per heavy atom. The zero-order valence-electron chi connectivity index (χ0n) is 14.6. The Bertz CT molecular complexity index is 867. The Kier molecular flexibility index (Phi) is 6.77. The number of aromatic nitrogens is 1. The third-order valence-electron chi connectivity index (χ3n) is 3.91. The lowest BCUT2D eigenvalue weighted by Crippen LogP contribution is -2.34. The maximum absolute atomic E-state index is 14.4. The van der Waals surface area contributed by atoms with Crippen LogP contribution >= 0.6 is 0 Å². The van der Waals surface area contributed by atoms with E-state index in [0.717, 1.165) is 31.2 Å². The number of nitrogens with one attached hydrogen (secondary N) is 1. The second-order valence-corrected chi connectivity index (χ2v) is 7.74. The van der Waals surface area contributed by atoms with Crippen LogP contribution in [-0.4, -0.2) is 19.4 Å². The number of benzene rings is 1. The van der Waals surface area contributed by atoms with E-state index in [1.807, 2.05) is 13.8 Å². The van der Waals surface area contributed by atoms with Gasteiger partial charge in [-0.05, 0) is 31.0 Å². The first-order valence-corrected chi connectivity index (χ1v) is 9.90. The Labute approximate surface area is 151 Å². The van der Waals surface area contributed by atoms with Crippen LogP contribution in [0.15, 0.2) is 35.4 Å². The highest BCUT2D eigenvalue weighted by Crippen LogP contribution is 2.26. The monoisotopic (exact) mass is 386 g/mol. The number of hydrogen-bond acceptors (Lipinski definition) is 3. The smallest absolute Gasteiger partial charge is 0.240 e. The van der Waals surface area contributed by atoms with E-state index >= 15 is 0 Å². The fourth-order valence-electron chi connectivity index (χ4n) is 2.71. The molecule has 0 radical (unpaired) electrons. The number of rotatable bonds is 8. The van der Waals surface area contributed by atoms with Gasteiger partial charge in [-0.1, -0.05) is 26.7 Å². The summed E-state index contributed by atoms with van der Waals surface area (Å²) in [5.74, 6) is -2.86. The minimum Gasteiger partial charge on any atom is -0.250 e. The quantitative estimate of drug-likeness (QED) is 0.731. The molecule has 4 nitrogen and oxygen atoms in total. The van der Waals surface area contributed by atoms with E-state index in [-0.39, 0.29) is 22.2 Å². The molecular weight excluding hydrogens is 365 g/mol. The lowest BCUT2D eigenvalue weighted by atomic mass is 10.1. The molecule has 1 aromatic heterocycles. The van der Waals surface area contributed by atoms with Gasteiger partial charge in [0.25, 0.3) is 0 Å². The van der Waals surface area contributed by atoms with Gasteiger partial charge in [0.2, 0.25) is 10.0 Å². The Morgan fingerprint density at radius 2 is 1.69 bits per heavy atom. The molecule has 1 aromatic carbocycles. The Morgan fingerprint density at radius 1 is 1.04 bits per heavy atom. The van der Waals surface area contributed by atoms with Crippen LogP contribution in [0.1, 0.15) is 39.5 Å². The van der Waals surface area contributed by atoms with Gasteiger partial charge >= 0.3 is 0 Å². The summed E-state index contributed by atoms with van der Waals surface area (Å²) >= 11 is 0. The molecule has 142 valence electrons. The normalized spacial score (nSPS) is 11.9. The number of hydrogen-bond donors (Lipinski definition) is 1. The zero-order chi connectivity index (χ0) is 19.3. The van der Waals surface area contributed by atoms with Gasteiger partial charge in [0.05, 0.1) is 11.1 Å². The molecule has 8 heteroatoms. The van der Waals surface area contributed by atoms with Gasteiger partial charge < -0.3 is 0 Å². The molecule has 1 heterocycles. The van der Waals surface area contributed by atoms with E-state index in [1.165, 1.54) is 6.07 Å². The molecule has 0 aliphatic carbocycles. The van der Waals surface area contributed by atoms with Crippen molar-refractivity contribution < 1.29 is 21.6 Å². The van der Waals surface area contributed by atoms with Crippen LogP contribution in [-0.2, 0) is 10.0 Å². The largest absolute Gasteiger partial charge is 0.250 e. The summed E-state index contributed by atoms with van der Waals surface area (Å²) in [5.41, 5.74) is -0.615. The minimum absolute atomic E-state index is 0.228. The van der Waals surface area contributed by atoms with E-state index in [9.17, 15) is 21.6 Å². The van der Waals surface area contributed by atoms with Gasteiger partial charge in [0, 0.05) is 17.7 Å². The van der Waals surface area contributed by atoms with Crippen molar-refractivity contribution >= 4 is 10.0 Å². The van der Waals surface area contributed by atoms with Gasteiger partial charge in [0.15, 0.2) is 5.82 Å². The SMILES string of the molecule is CCCC(CCC)NS(=O)(=O)c1ccc(-c2ncc(F)cc2F)c(F)c1. The van der Waals surface area contributed by atoms with Crippen molar-refractivity contribution in [1.82, 2.24) is 9.71 Å². The summed E-state index contributed by atoms with van der Waals surface area (Å²) in [7, 11) is -3.91. The van der Waals surface area contributed by atoms with Crippen LogP contribution in [0, 0.1) is 17.5 Å². The van der Waals surface area contributed by atoms with Crippen molar-refractivity contribution in [3.63, 3.8) is 0 Å². The Hall–Kier alpha value is -1.93. The molecule has 0 amide bonds. The number of nitrogens with zero attached hydrogens (tertiary/aromatic N) is 1. The molecule has 0 fully saturated rings. The highest BCUT2D eigenvalue weighted by molar-refractivity contribution is 7.89. The second kappa shape index (κ2) is 8.64. The molecule has 0 saturated carbocycles. The molecule has 0 spiro atoms. The zero-order valence-corrected chi connectivity index (χ0v) is 15.4. The van der Waals surface area contributed by atoms with Crippen molar-refractivity contribution in [3.05, 3.63) is 47.9 Å². The molecule has 0 saturated heterocycles. The Balaban J connectivity index is 2.33. The van der Waals surface area contributed by atoms with Crippen molar-refractivity contribution in [2.45, 2.75) is 50.5 Å². The topological polar surface area (TPSA) is 59.1 Å². The van der Waals surface area contributed by atoms with Gasteiger partial charge in [-0.2, -0.15) is 0 Å². The first kappa shape index (κ1) is 20.4. The highest BCUT2D eigenvalue weighted by atomic mass is 32.2. The van der Waals surface area contributed by atoms with Crippen molar-refractivity contribution in [2.75, 3.05) is 0 Å². The lowest BCUT2D eigenvalue weighted by molar-refractivity contribution is 0.493. The average Bonchev–Trinajstić information content (AvgIpc) is 2.55. The summed E-state index contributed by atoms with van der Waals surface area (Å²) in [6.45, 7) is 3.91. The van der Waals surface area contributed by atoms with Gasteiger partial charge in [0.1, 0.15) is 17.3 Å². The summed E-state index contributed by atoms with van der Waals surface area (Å²) in [5, 5.41) is 0. The molecule has 0 bridgehead atoms.